The zero-order valence-electron chi connectivity index (χ0n) is 9.74. The van der Waals surface area contributed by atoms with Crippen molar-refractivity contribution in [2.75, 3.05) is 5.32 Å². The summed E-state index contributed by atoms with van der Waals surface area (Å²) in [5, 5.41) is 5.56. The zero-order chi connectivity index (χ0) is 12.2. The molecule has 0 aliphatic carbocycles. The van der Waals surface area contributed by atoms with Gasteiger partial charge in [-0.1, -0.05) is 18.2 Å². The van der Waals surface area contributed by atoms with Gasteiger partial charge < -0.3 is 5.32 Å². The number of hydrogen-bond acceptors (Lipinski definition) is 4. The molecule has 0 aliphatic rings. The van der Waals surface area contributed by atoms with Crippen molar-refractivity contribution >= 4 is 16.7 Å². The van der Waals surface area contributed by atoms with Crippen LogP contribution in [0.15, 0.2) is 55.1 Å². The first-order valence-electron chi connectivity index (χ1n) is 5.76. The summed E-state index contributed by atoms with van der Waals surface area (Å²) in [4.78, 5) is 12.4. The maximum Gasteiger partial charge on any atom is 0.222 e. The Morgan fingerprint density at radius 2 is 1.83 bits per heavy atom. The van der Waals surface area contributed by atoms with Crippen LogP contribution in [-0.4, -0.2) is 15.0 Å². The Balaban J connectivity index is 1.87. The van der Waals surface area contributed by atoms with Crippen LogP contribution in [0.4, 0.5) is 5.95 Å². The minimum Gasteiger partial charge on any atom is -0.350 e. The molecule has 3 aromatic rings. The highest BCUT2D eigenvalue weighted by molar-refractivity contribution is 5.84. The van der Waals surface area contributed by atoms with E-state index in [4.69, 9.17) is 0 Å². The Labute approximate surface area is 105 Å². The molecule has 0 fully saturated rings. The molecule has 0 radical (unpaired) electrons. The third-order valence-corrected chi connectivity index (χ3v) is 2.77. The van der Waals surface area contributed by atoms with Gasteiger partial charge in [0.25, 0.3) is 0 Å². The highest BCUT2D eigenvalue weighted by atomic mass is 15.1. The van der Waals surface area contributed by atoms with Crippen LogP contribution in [0.1, 0.15) is 5.56 Å². The van der Waals surface area contributed by atoms with Gasteiger partial charge in [-0.05, 0) is 23.1 Å². The molecule has 2 aromatic heterocycles. The Kier molecular flexibility index (Phi) is 2.84. The number of nitrogens with zero attached hydrogens (tertiary/aromatic N) is 3. The van der Waals surface area contributed by atoms with E-state index in [0.717, 1.165) is 5.39 Å². The molecule has 18 heavy (non-hydrogen) atoms. The number of pyridine rings is 1. The Bertz CT molecular complexity index is 647. The molecule has 0 amide bonds. The normalized spacial score (nSPS) is 10.4. The summed E-state index contributed by atoms with van der Waals surface area (Å²) < 4.78 is 0. The van der Waals surface area contributed by atoms with E-state index < -0.39 is 0 Å². The lowest BCUT2D eigenvalue weighted by atomic mass is 10.1. The summed E-state index contributed by atoms with van der Waals surface area (Å²) in [5.41, 5.74) is 1.21. The van der Waals surface area contributed by atoms with E-state index in [1.54, 1.807) is 18.5 Å². The van der Waals surface area contributed by atoms with E-state index in [1.807, 2.05) is 24.5 Å². The molecule has 1 aromatic carbocycles. The monoisotopic (exact) mass is 236 g/mol. The average molecular weight is 236 g/mol. The summed E-state index contributed by atoms with van der Waals surface area (Å²) in [6, 6.07) is 10.0. The lowest BCUT2D eigenvalue weighted by molar-refractivity contribution is 1.06. The standard InChI is InChI=1S/C14H12N4/c1-3-11-9-15-8-5-13(11)12(4-1)10-18-14-16-6-2-7-17-14/h1-9H,10H2,(H,16,17,18). The zero-order valence-corrected chi connectivity index (χ0v) is 9.74. The van der Waals surface area contributed by atoms with Crippen LogP contribution in [-0.2, 0) is 6.54 Å². The predicted octanol–water partition coefficient (Wildman–Crippen LogP) is 2.64. The first kappa shape index (κ1) is 10.7. The molecule has 0 aliphatic heterocycles. The fraction of sp³-hybridized carbons (Fsp3) is 0.0714. The summed E-state index contributed by atoms with van der Waals surface area (Å²) in [6.45, 7) is 0.700. The van der Waals surface area contributed by atoms with Gasteiger partial charge in [-0.2, -0.15) is 0 Å². The fourth-order valence-corrected chi connectivity index (χ4v) is 1.91. The molecular formula is C14H12N4. The van der Waals surface area contributed by atoms with E-state index in [2.05, 4.69) is 32.4 Å². The average Bonchev–Trinajstić information content (AvgIpc) is 2.46. The highest BCUT2D eigenvalue weighted by Crippen LogP contribution is 2.17. The number of fused-ring (bicyclic) bond motifs is 1. The molecule has 88 valence electrons. The largest absolute Gasteiger partial charge is 0.350 e. The third-order valence-electron chi connectivity index (χ3n) is 2.77. The Hall–Kier alpha value is -2.49. The molecule has 0 spiro atoms. The molecule has 4 heteroatoms. The SMILES string of the molecule is c1cnc(NCc2cccc3cnccc23)nc1. The quantitative estimate of drug-likeness (QED) is 0.759. The minimum absolute atomic E-state index is 0.642. The Morgan fingerprint density at radius 1 is 0.944 bits per heavy atom. The maximum absolute atomic E-state index is 4.14. The van der Waals surface area contributed by atoms with E-state index in [-0.39, 0.29) is 0 Å². The van der Waals surface area contributed by atoms with Gasteiger partial charge >= 0.3 is 0 Å². The first-order chi connectivity index (χ1) is 8.93. The van der Waals surface area contributed by atoms with Gasteiger partial charge in [-0.25, -0.2) is 9.97 Å². The molecule has 0 unspecified atom stereocenters. The minimum atomic E-state index is 0.642. The van der Waals surface area contributed by atoms with Crippen molar-refractivity contribution in [3.8, 4) is 0 Å². The number of anilines is 1. The van der Waals surface area contributed by atoms with Crippen molar-refractivity contribution in [2.45, 2.75) is 6.54 Å². The van der Waals surface area contributed by atoms with Gasteiger partial charge in [0, 0.05) is 36.7 Å². The molecule has 4 nitrogen and oxygen atoms in total. The van der Waals surface area contributed by atoms with E-state index >= 15 is 0 Å². The molecule has 2 heterocycles. The summed E-state index contributed by atoms with van der Waals surface area (Å²) in [5.74, 6) is 0.642. The van der Waals surface area contributed by atoms with E-state index in [9.17, 15) is 0 Å². The van der Waals surface area contributed by atoms with Crippen LogP contribution in [0.2, 0.25) is 0 Å². The van der Waals surface area contributed by atoms with E-state index in [1.165, 1.54) is 10.9 Å². The molecule has 0 saturated heterocycles. The van der Waals surface area contributed by atoms with Gasteiger partial charge in [-0.15, -0.1) is 0 Å². The number of benzene rings is 1. The van der Waals surface area contributed by atoms with Crippen LogP contribution in [0.3, 0.4) is 0 Å². The predicted molar refractivity (Wildman–Crippen MR) is 71.1 cm³/mol. The molecule has 0 bridgehead atoms. The lowest BCUT2D eigenvalue weighted by Gasteiger charge is -2.07. The van der Waals surface area contributed by atoms with Gasteiger partial charge in [-0.3, -0.25) is 4.98 Å². The van der Waals surface area contributed by atoms with Crippen LogP contribution < -0.4 is 5.32 Å². The van der Waals surface area contributed by atoms with Crippen molar-refractivity contribution in [1.82, 2.24) is 15.0 Å². The highest BCUT2D eigenvalue weighted by Gasteiger charge is 2.01. The Morgan fingerprint density at radius 3 is 2.72 bits per heavy atom. The maximum atomic E-state index is 4.14. The summed E-state index contributed by atoms with van der Waals surface area (Å²) >= 11 is 0. The second-order valence-electron chi connectivity index (χ2n) is 3.94. The first-order valence-corrected chi connectivity index (χ1v) is 5.76. The third kappa shape index (κ3) is 2.13. The van der Waals surface area contributed by atoms with Gasteiger partial charge in [0.1, 0.15) is 0 Å². The second kappa shape index (κ2) is 4.79. The van der Waals surface area contributed by atoms with Gasteiger partial charge in [0.05, 0.1) is 0 Å². The summed E-state index contributed by atoms with van der Waals surface area (Å²) in [6.07, 6.45) is 7.13. The number of hydrogen-bond donors (Lipinski definition) is 1. The van der Waals surface area contributed by atoms with Crippen LogP contribution in [0.25, 0.3) is 10.8 Å². The van der Waals surface area contributed by atoms with Crippen molar-refractivity contribution in [3.63, 3.8) is 0 Å². The number of aromatic nitrogens is 3. The number of rotatable bonds is 3. The molecule has 1 N–H and O–H groups in total. The van der Waals surface area contributed by atoms with Crippen LogP contribution in [0.5, 0.6) is 0 Å². The summed E-state index contributed by atoms with van der Waals surface area (Å²) in [7, 11) is 0. The van der Waals surface area contributed by atoms with Gasteiger partial charge in [0.15, 0.2) is 0 Å². The van der Waals surface area contributed by atoms with Crippen molar-refractivity contribution in [3.05, 3.63) is 60.7 Å². The molecule has 3 rings (SSSR count). The topological polar surface area (TPSA) is 50.7 Å². The molecule has 0 atom stereocenters. The van der Waals surface area contributed by atoms with Crippen molar-refractivity contribution < 1.29 is 0 Å². The van der Waals surface area contributed by atoms with Crippen LogP contribution >= 0.6 is 0 Å². The fourth-order valence-electron chi connectivity index (χ4n) is 1.91. The van der Waals surface area contributed by atoms with Crippen molar-refractivity contribution in [1.29, 1.82) is 0 Å². The smallest absolute Gasteiger partial charge is 0.222 e. The van der Waals surface area contributed by atoms with Crippen LogP contribution in [0, 0.1) is 0 Å². The molecule has 0 saturated carbocycles. The second-order valence-corrected chi connectivity index (χ2v) is 3.94. The van der Waals surface area contributed by atoms with Crippen molar-refractivity contribution in [2.24, 2.45) is 0 Å². The van der Waals surface area contributed by atoms with E-state index in [0.29, 0.717) is 12.5 Å². The van der Waals surface area contributed by atoms with Gasteiger partial charge in [0.2, 0.25) is 5.95 Å². The lowest BCUT2D eigenvalue weighted by Crippen LogP contribution is -2.03. The molecular weight excluding hydrogens is 224 g/mol. The number of nitrogens with one attached hydrogen (secondary N) is 1.